The number of aryl methyl sites for hydroxylation is 1. The highest BCUT2D eigenvalue weighted by molar-refractivity contribution is 8.19. The van der Waals surface area contributed by atoms with Crippen LogP contribution in [-0.2, 0) is 43.0 Å². The van der Waals surface area contributed by atoms with Crippen LogP contribution >= 0.6 is 71.2 Å². The second-order valence-corrected chi connectivity index (χ2v) is 19.0. The molecule has 0 aliphatic rings. The molecule has 1 heterocycles. The molecule has 0 bridgehead atoms. The molecule has 11 N–H and O–H groups in total. The van der Waals surface area contributed by atoms with E-state index >= 15 is 0 Å². The molecule has 370 valence electrons. The van der Waals surface area contributed by atoms with E-state index in [2.05, 4.69) is 81.8 Å². The number of hydrogen-bond donors (Lipinski definition) is 11. The number of nitrogen functional groups attached to an aromatic ring is 1. The van der Waals surface area contributed by atoms with E-state index in [9.17, 15) is 36.5 Å². The standard InChI is InChI=1S/C36H30ClN9O18S6/c1-16-2-3-18(26(10-16)69(52,53)54)5-4-17-6-7-21(14-25(17)68-64-60-51)43-45-31-23(58-61-62-65)11-19-12-27(70(55,56)57)32(30(38)29(19)33(31)49)46-44-22-13-20(8-9-24(22)67-63-59-50)39-35-40-34(37)41-36(42-35)66-15-28(47)48/h2-14,49-51,55-57,65H,15,38H2,1H3,(H,47,48)(H,52,53,54)(H,39,40,41,42). The molecule has 0 amide bonds. The number of fused-ring (bicyclic) bond motifs is 1. The van der Waals surface area contributed by atoms with E-state index in [1.54, 1.807) is 13.0 Å². The molecule has 0 radical (unpaired) electrons. The zero-order valence-electron chi connectivity index (χ0n) is 34.4. The van der Waals surface area contributed by atoms with Gasteiger partial charge in [0.1, 0.15) is 27.1 Å². The van der Waals surface area contributed by atoms with E-state index < -0.39 is 60.4 Å². The molecule has 0 aliphatic heterocycles. The van der Waals surface area contributed by atoms with Crippen molar-refractivity contribution in [3.63, 3.8) is 0 Å². The van der Waals surface area contributed by atoms with E-state index in [1.807, 2.05) is 0 Å². The van der Waals surface area contributed by atoms with Gasteiger partial charge in [-0.05, 0) is 94.2 Å². The van der Waals surface area contributed by atoms with Crippen molar-refractivity contribution in [2.24, 2.45) is 20.5 Å². The highest BCUT2D eigenvalue weighted by Gasteiger charge is 2.28. The maximum atomic E-state index is 12.1. The van der Waals surface area contributed by atoms with Crippen LogP contribution < -0.4 is 15.9 Å². The first-order valence-electron chi connectivity index (χ1n) is 18.3. The summed E-state index contributed by atoms with van der Waals surface area (Å²) < 4.78 is 79.0. The quantitative estimate of drug-likeness (QED) is 0.00346. The lowest BCUT2D eigenvalue weighted by atomic mass is 10.0. The van der Waals surface area contributed by atoms with Gasteiger partial charge in [0.05, 0.1) is 56.4 Å². The Morgan fingerprint density at radius 3 is 2.24 bits per heavy atom. The highest BCUT2D eigenvalue weighted by Crippen LogP contribution is 2.56. The Hall–Kier alpha value is -5.51. The lowest BCUT2D eigenvalue weighted by Crippen LogP contribution is -2.03. The topological polar surface area (TPSA) is 404 Å². The Bertz CT molecular complexity index is 3140. The first-order valence-corrected chi connectivity index (χ1v) is 24.4. The van der Waals surface area contributed by atoms with Crippen molar-refractivity contribution in [3.8, 4) is 11.5 Å². The molecule has 70 heavy (non-hydrogen) atoms. The normalized spacial score (nSPS) is 12.5. The van der Waals surface area contributed by atoms with Gasteiger partial charge in [-0.15, -0.1) is 28.3 Å². The molecule has 5 aromatic carbocycles. The van der Waals surface area contributed by atoms with Crippen molar-refractivity contribution in [2.75, 3.05) is 16.8 Å². The lowest BCUT2D eigenvalue weighted by Gasteiger charge is -2.23. The number of aliphatic carboxylic acids is 1. The minimum Gasteiger partial charge on any atom is -0.505 e. The van der Waals surface area contributed by atoms with Crippen molar-refractivity contribution in [1.29, 1.82) is 0 Å². The second-order valence-electron chi connectivity index (χ2n) is 13.2. The molecule has 0 spiro atoms. The number of thiol groups is 1. The molecule has 0 atom stereocenters. The number of phenols is 1. The third-order valence-electron chi connectivity index (χ3n) is 8.61. The van der Waals surface area contributed by atoms with Crippen LogP contribution in [0.1, 0.15) is 16.7 Å². The number of nitrogens with one attached hydrogen (secondary N) is 1. The van der Waals surface area contributed by atoms with Crippen molar-refractivity contribution in [2.45, 2.75) is 31.7 Å². The SMILES string of the molecule is Cc1ccc(C=Cc2ccc(N=Nc3c(OOOS)cc4cc(S(O)(O)O)c(N=Nc5cc(Nc6nc(Cl)nc(SCC(=O)O)n6)ccc5SOOO)c(N)c4c3O)cc2SOOO)c(S(=O)(=O)O)c1. The number of thioether (sulfide) groups is 1. The van der Waals surface area contributed by atoms with Crippen LogP contribution in [0.2, 0.25) is 5.28 Å². The zero-order valence-corrected chi connectivity index (χ0v) is 40.2. The molecule has 0 fully saturated rings. The van der Waals surface area contributed by atoms with Gasteiger partial charge >= 0.3 is 5.97 Å². The number of benzene rings is 5. The minimum absolute atomic E-state index is 0.0190. The number of halogens is 1. The van der Waals surface area contributed by atoms with Crippen molar-refractivity contribution < 1.29 is 85.2 Å². The number of phenolic OH excluding ortho intramolecular Hbond substituents is 1. The lowest BCUT2D eigenvalue weighted by molar-refractivity contribution is -0.432. The van der Waals surface area contributed by atoms with Crippen LogP contribution in [-0.4, -0.2) is 74.0 Å². The maximum absolute atomic E-state index is 12.1. The van der Waals surface area contributed by atoms with Gasteiger partial charge in [0.25, 0.3) is 10.1 Å². The van der Waals surface area contributed by atoms with E-state index in [-0.39, 0.29) is 70.2 Å². The number of aromatic hydroxyl groups is 1. The molecule has 0 saturated heterocycles. The fraction of sp³-hybridized carbons (Fsp3) is 0.0556. The Kier molecular flexibility index (Phi) is 18.5. The number of carbonyl (C=O) groups is 1. The summed E-state index contributed by atoms with van der Waals surface area (Å²) in [6.45, 7) is 1.64. The minimum atomic E-state index is -4.70. The predicted molar refractivity (Wildman–Crippen MR) is 255 cm³/mol. The average Bonchev–Trinajstić information content (AvgIpc) is 3.30. The van der Waals surface area contributed by atoms with Gasteiger partial charge in [-0.3, -0.25) is 9.35 Å². The molecule has 0 unspecified atom stereocenters. The summed E-state index contributed by atoms with van der Waals surface area (Å²) in [7, 11) is -9.30. The van der Waals surface area contributed by atoms with Crippen LogP contribution in [0.4, 0.5) is 40.1 Å². The van der Waals surface area contributed by atoms with E-state index in [1.165, 1.54) is 60.7 Å². The van der Waals surface area contributed by atoms with Crippen molar-refractivity contribution in [3.05, 3.63) is 88.7 Å². The summed E-state index contributed by atoms with van der Waals surface area (Å²) in [6, 6.07) is 14.9. The molecule has 1 aromatic heterocycles. The summed E-state index contributed by atoms with van der Waals surface area (Å²) in [5.74, 6) is -2.87. The third-order valence-corrected chi connectivity index (χ3v) is 12.8. The first-order chi connectivity index (χ1) is 33.3. The van der Waals surface area contributed by atoms with Gasteiger partial charge in [0.2, 0.25) is 17.0 Å². The molecular weight excluding hydrogens is 1070 g/mol. The largest absolute Gasteiger partial charge is 0.505 e. The molecule has 27 nitrogen and oxygen atoms in total. The van der Waals surface area contributed by atoms with E-state index in [4.69, 9.17) is 37.8 Å². The summed E-state index contributed by atoms with van der Waals surface area (Å²) >= 11 is 11.2. The average molecular weight is 1100 g/mol. The summed E-state index contributed by atoms with van der Waals surface area (Å²) in [4.78, 5) is 27.4. The number of hydrogen-bond acceptors (Lipinski definition) is 29. The first kappa shape index (κ1) is 53.8. The molecule has 0 saturated carbocycles. The van der Waals surface area contributed by atoms with Gasteiger partial charge in [0, 0.05) is 23.5 Å². The van der Waals surface area contributed by atoms with E-state index in [0.29, 0.717) is 35.2 Å². The van der Waals surface area contributed by atoms with Gasteiger partial charge < -0.3 is 39.8 Å². The van der Waals surface area contributed by atoms with Gasteiger partial charge in [-0.1, -0.05) is 52.2 Å². The van der Waals surface area contributed by atoms with Gasteiger partial charge in [0.15, 0.2) is 16.6 Å². The Morgan fingerprint density at radius 1 is 0.857 bits per heavy atom. The highest BCUT2D eigenvalue weighted by atomic mass is 35.5. The monoisotopic (exact) mass is 1100 g/mol. The van der Waals surface area contributed by atoms with Crippen LogP contribution in [0, 0.1) is 6.92 Å². The predicted octanol–water partition coefficient (Wildman–Crippen LogP) is 11.0. The van der Waals surface area contributed by atoms with Crippen LogP contribution in [0.15, 0.2) is 112 Å². The van der Waals surface area contributed by atoms with Crippen LogP contribution in [0.25, 0.3) is 22.9 Å². The van der Waals surface area contributed by atoms with Gasteiger partial charge in [-0.25, -0.2) is 10.5 Å². The maximum Gasteiger partial charge on any atom is 0.313 e. The number of nitrogens with two attached hydrogens (primary N) is 1. The number of carboxylic acids is 1. The molecular formula is C36H30ClN9O18S6. The molecule has 34 heteroatoms. The van der Waals surface area contributed by atoms with Crippen molar-refractivity contribution in [1.82, 2.24) is 15.0 Å². The third kappa shape index (κ3) is 14.1. The molecule has 6 rings (SSSR count). The number of anilines is 3. The number of azo groups is 2. The van der Waals surface area contributed by atoms with Crippen molar-refractivity contribution >= 4 is 150 Å². The molecule has 6 aromatic rings. The van der Waals surface area contributed by atoms with Crippen LogP contribution in [0.3, 0.4) is 0 Å². The smallest absolute Gasteiger partial charge is 0.313 e. The Labute approximate surface area is 417 Å². The Balaban J connectivity index is 1.42. The number of nitrogens with zero attached hydrogens (tertiary/aromatic N) is 7. The van der Waals surface area contributed by atoms with Gasteiger partial charge in [-0.2, -0.15) is 28.5 Å². The zero-order chi connectivity index (χ0) is 50.8. The number of rotatable bonds is 22. The second kappa shape index (κ2) is 24.1. The fourth-order valence-corrected chi connectivity index (χ4v) is 8.96. The fourth-order valence-electron chi connectivity index (χ4n) is 5.78. The number of carboxylic acid groups (broad SMARTS) is 1. The summed E-state index contributed by atoms with van der Waals surface area (Å²) in [5, 5.41) is 69.1. The molecule has 0 aliphatic carbocycles. The van der Waals surface area contributed by atoms with E-state index in [0.717, 1.165) is 23.9 Å². The Morgan fingerprint density at radius 2 is 1.56 bits per heavy atom. The summed E-state index contributed by atoms with van der Waals surface area (Å²) in [6.07, 6.45) is 2.86. The number of aromatic nitrogens is 3. The summed E-state index contributed by atoms with van der Waals surface area (Å²) in [5.41, 5.74) is 6.14. The van der Waals surface area contributed by atoms with Crippen LogP contribution in [0.5, 0.6) is 11.5 Å².